The fourth-order valence-corrected chi connectivity index (χ4v) is 3.41. The van der Waals surface area contributed by atoms with Gasteiger partial charge in [-0.1, -0.05) is 0 Å². The molecule has 2 amide bonds. The van der Waals surface area contributed by atoms with Crippen molar-refractivity contribution < 1.29 is 22.8 Å². The molecule has 0 saturated carbocycles. The molecule has 3 N–H and O–H groups in total. The van der Waals surface area contributed by atoms with Crippen LogP contribution in [0.2, 0.25) is 0 Å². The molecule has 0 radical (unpaired) electrons. The lowest BCUT2D eigenvalue weighted by Crippen LogP contribution is -2.51. The number of hydrogen-bond acceptors (Lipinski definition) is 6. The number of benzene rings is 1. The first kappa shape index (κ1) is 20.0. The van der Waals surface area contributed by atoms with E-state index >= 15 is 0 Å². The van der Waals surface area contributed by atoms with Gasteiger partial charge in [0.1, 0.15) is 5.82 Å². The summed E-state index contributed by atoms with van der Waals surface area (Å²) in [5.41, 5.74) is 7.04. The quantitative estimate of drug-likeness (QED) is 0.643. The number of pyridine rings is 1. The van der Waals surface area contributed by atoms with Crippen LogP contribution in [0.5, 0.6) is 0 Å². The van der Waals surface area contributed by atoms with Gasteiger partial charge in [-0.15, -0.1) is 0 Å². The minimum atomic E-state index is -4.38. The number of rotatable bonds is 2. The third-order valence-electron chi connectivity index (χ3n) is 5.03. The summed E-state index contributed by atoms with van der Waals surface area (Å²) in [5, 5.41) is 2.56. The van der Waals surface area contributed by atoms with E-state index in [1.54, 1.807) is 6.07 Å². The van der Waals surface area contributed by atoms with Crippen molar-refractivity contribution in [1.29, 1.82) is 0 Å². The molecule has 2 aromatic rings. The normalized spacial score (nSPS) is 16.1. The molecule has 1 aromatic heterocycles. The molecule has 1 aromatic carbocycles. The van der Waals surface area contributed by atoms with E-state index in [1.165, 1.54) is 23.2 Å². The van der Waals surface area contributed by atoms with Crippen LogP contribution in [-0.2, 0) is 22.3 Å². The van der Waals surface area contributed by atoms with Crippen molar-refractivity contribution >= 4 is 29.0 Å². The second-order valence-electron chi connectivity index (χ2n) is 6.99. The smallest absolute Gasteiger partial charge is 0.368 e. The van der Waals surface area contributed by atoms with Crippen LogP contribution in [0, 0.1) is 0 Å². The predicted octanol–water partition coefficient (Wildman–Crippen LogP) is 1.82. The van der Waals surface area contributed by atoms with E-state index < -0.39 is 23.6 Å². The summed E-state index contributed by atoms with van der Waals surface area (Å²) in [6.07, 6.45) is -2.91. The van der Waals surface area contributed by atoms with Crippen LogP contribution in [0.25, 0.3) is 0 Å². The molecule has 4 rings (SSSR count). The summed E-state index contributed by atoms with van der Waals surface area (Å²) in [5.74, 6) is -0.726. The first-order valence-corrected chi connectivity index (χ1v) is 9.31. The number of nitrogens with zero attached hydrogens (tertiary/aromatic N) is 3. The van der Waals surface area contributed by atoms with Gasteiger partial charge in [0.2, 0.25) is 0 Å². The Labute approximate surface area is 170 Å². The number of carbonyl (C=O) groups is 2. The second-order valence-corrected chi connectivity index (χ2v) is 6.99. The second kappa shape index (κ2) is 7.82. The third-order valence-corrected chi connectivity index (χ3v) is 5.03. The molecule has 0 atom stereocenters. The molecule has 0 bridgehead atoms. The maximum atomic E-state index is 12.7. The number of nitrogens with one attached hydrogen (secondary N) is 3. The molecule has 158 valence electrons. The maximum Gasteiger partial charge on any atom is 0.416 e. The molecule has 2 aliphatic heterocycles. The van der Waals surface area contributed by atoms with Gasteiger partial charge in [-0.3, -0.25) is 9.59 Å². The highest BCUT2D eigenvalue weighted by atomic mass is 19.4. The first-order chi connectivity index (χ1) is 14.3. The molecule has 11 heteroatoms. The van der Waals surface area contributed by atoms with Crippen LogP contribution in [-0.4, -0.2) is 47.9 Å². The molecule has 0 aliphatic carbocycles. The van der Waals surface area contributed by atoms with Crippen LogP contribution in [0.3, 0.4) is 0 Å². The monoisotopic (exact) mass is 420 g/mol. The third kappa shape index (κ3) is 4.15. The van der Waals surface area contributed by atoms with Crippen LogP contribution in [0.15, 0.2) is 36.5 Å². The summed E-state index contributed by atoms with van der Waals surface area (Å²) in [4.78, 5) is 32.2. The minimum Gasteiger partial charge on any atom is -0.368 e. The number of hydrazine groups is 1. The van der Waals surface area contributed by atoms with Gasteiger partial charge in [0.25, 0.3) is 0 Å². The van der Waals surface area contributed by atoms with Crippen molar-refractivity contribution in [3.8, 4) is 0 Å². The average molecular weight is 420 g/mol. The highest BCUT2D eigenvalue weighted by molar-refractivity contribution is 6.39. The number of aromatic nitrogens is 1. The van der Waals surface area contributed by atoms with Gasteiger partial charge in [-0.2, -0.15) is 13.2 Å². The Balaban J connectivity index is 1.32. The van der Waals surface area contributed by atoms with E-state index in [2.05, 4.69) is 21.2 Å². The Morgan fingerprint density at radius 1 is 1.07 bits per heavy atom. The van der Waals surface area contributed by atoms with Crippen molar-refractivity contribution in [3.63, 3.8) is 0 Å². The average Bonchev–Trinajstić information content (AvgIpc) is 3.21. The van der Waals surface area contributed by atoms with Crippen LogP contribution >= 0.6 is 0 Å². The van der Waals surface area contributed by atoms with Gasteiger partial charge in [0.05, 0.1) is 17.4 Å². The zero-order valence-electron chi connectivity index (χ0n) is 15.8. The lowest BCUT2D eigenvalue weighted by molar-refractivity contribution is -0.143. The Morgan fingerprint density at radius 2 is 1.77 bits per heavy atom. The number of carbonyl (C=O) groups excluding carboxylic acids is 2. The first-order valence-electron chi connectivity index (χ1n) is 9.31. The number of hydrogen-bond donors (Lipinski definition) is 3. The van der Waals surface area contributed by atoms with Crippen molar-refractivity contribution in [2.24, 2.45) is 0 Å². The summed E-state index contributed by atoms with van der Waals surface area (Å²) < 4.78 is 38.1. The van der Waals surface area contributed by atoms with Gasteiger partial charge < -0.3 is 20.5 Å². The van der Waals surface area contributed by atoms with Crippen molar-refractivity contribution in [1.82, 2.24) is 15.3 Å². The standard InChI is InChI=1S/C19H19F3N6O2/c20-19(21,22)13-1-3-15(4-2-13)27-5-7-28(8-6-27)18(30)17(29)25-14-9-12-10-24-26-16(12)23-11-14/h1-4,9,11,24H,5-8,10H2,(H,23,26)(H,25,29). The summed E-state index contributed by atoms with van der Waals surface area (Å²) in [6, 6.07) is 6.64. The Kier molecular flexibility index (Phi) is 5.20. The van der Waals surface area contributed by atoms with Crippen LogP contribution < -0.4 is 21.1 Å². The van der Waals surface area contributed by atoms with Crippen molar-refractivity contribution in [3.05, 3.63) is 47.7 Å². The topological polar surface area (TPSA) is 89.6 Å². The number of amides is 2. The molecule has 0 unspecified atom stereocenters. The molecular formula is C19H19F3N6O2. The van der Waals surface area contributed by atoms with E-state index in [9.17, 15) is 22.8 Å². The largest absolute Gasteiger partial charge is 0.416 e. The van der Waals surface area contributed by atoms with E-state index in [4.69, 9.17) is 0 Å². The molecular weight excluding hydrogens is 401 g/mol. The molecule has 1 fully saturated rings. The highest BCUT2D eigenvalue weighted by Crippen LogP contribution is 2.30. The van der Waals surface area contributed by atoms with Gasteiger partial charge in [-0.25, -0.2) is 10.4 Å². The predicted molar refractivity (Wildman–Crippen MR) is 104 cm³/mol. The zero-order valence-corrected chi connectivity index (χ0v) is 15.8. The lowest BCUT2D eigenvalue weighted by Gasteiger charge is -2.35. The van der Waals surface area contributed by atoms with E-state index in [0.29, 0.717) is 49.9 Å². The summed E-state index contributed by atoms with van der Waals surface area (Å²) in [7, 11) is 0. The summed E-state index contributed by atoms with van der Waals surface area (Å²) in [6.45, 7) is 1.99. The van der Waals surface area contributed by atoms with Crippen LogP contribution in [0.4, 0.5) is 30.4 Å². The van der Waals surface area contributed by atoms with E-state index in [1.807, 2.05) is 4.90 Å². The summed E-state index contributed by atoms with van der Waals surface area (Å²) >= 11 is 0. The molecule has 30 heavy (non-hydrogen) atoms. The highest BCUT2D eigenvalue weighted by Gasteiger charge is 2.31. The maximum absolute atomic E-state index is 12.7. The van der Waals surface area contributed by atoms with Gasteiger partial charge in [0.15, 0.2) is 0 Å². The number of piperazine rings is 1. The van der Waals surface area contributed by atoms with Gasteiger partial charge in [0, 0.05) is 44.0 Å². The number of anilines is 3. The SMILES string of the molecule is O=C(Nc1cnc2c(c1)CNN2)C(=O)N1CCN(c2ccc(C(F)(F)F)cc2)CC1. The molecule has 8 nitrogen and oxygen atoms in total. The molecule has 0 spiro atoms. The van der Waals surface area contributed by atoms with E-state index in [-0.39, 0.29) is 0 Å². The fourth-order valence-electron chi connectivity index (χ4n) is 3.41. The number of alkyl halides is 3. The van der Waals surface area contributed by atoms with Crippen LogP contribution in [0.1, 0.15) is 11.1 Å². The van der Waals surface area contributed by atoms with Gasteiger partial charge in [-0.05, 0) is 30.3 Å². The number of fused-ring (bicyclic) bond motifs is 1. The molecule has 3 heterocycles. The fraction of sp³-hybridized carbons (Fsp3) is 0.316. The Morgan fingerprint density at radius 3 is 2.43 bits per heavy atom. The Bertz CT molecular complexity index is 956. The Hall–Kier alpha value is -3.34. The van der Waals surface area contributed by atoms with Crippen molar-refractivity contribution in [2.75, 3.05) is 41.8 Å². The molecule has 1 saturated heterocycles. The van der Waals surface area contributed by atoms with Gasteiger partial charge >= 0.3 is 18.0 Å². The lowest BCUT2D eigenvalue weighted by atomic mass is 10.1. The minimum absolute atomic E-state index is 0.295. The number of halogens is 3. The van der Waals surface area contributed by atoms with E-state index in [0.717, 1.165) is 17.7 Å². The van der Waals surface area contributed by atoms with Crippen molar-refractivity contribution in [2.45, 2.75) is 12.7 Å². The zero-order chi connectivity index (χ0) is 21.3. The molecule has 2 aliphatic rings.